The first-order valence-electron chi connectivity index (χ1n) is 7.54. The van der Waals surface area contributed by atoms with Gasteiger partial charge < -0.3 is 14.6 Å². The van der Waals surface area contributed by atoms with Gasteiger partial charge in [-0.2, -0.15) is 0 Å². The van der Waals surface area contributed by atoms with Crippen molar-refractivity contribution in [3.63, 3.8) is 0 Å². The lowest BCUT2D eigenvalue weighted by atomic mass is 10.1. The number of hydrogen-bond donors (Lipinski definition) is 1. The van der Waals surface area contributed by atoms with Crippen molar-refractivity contribution in [2.75, 3.05) is 24.7 Å². The molecular weight excluding hydrogens is 314 g/mol. The molecule has 0 radical (unpaired) electrons. The van der Waals surface area contributed by atoms with E-state index in [4.69, 9.17) is 21.3 Å². The quantitative estimate of drug-likeness (QED) is 0.732. The highest BCUT2D eigenvalue weighted by Crippen LogP contribution is 2.28. The predicted octanol–water partition coefficient (Wildman–Crippen LogP) is 2.90. The summed E-state index contributed by atoms with van der Waals surface area (Å²) in [5.74, 6) is 1.55. The zero-order chi connectivity index (χ0) is 15.8. The van der Waals surface area contributed by atoms with Gasteiger partial charge in [0.1, 0.15) is 16.6 Å². The number of pyridine rings is 1. The van der Waals surface area contributed by atoms with Crippen LogP contribution in [-0.4, -0.2) is 45.7 Å². The molecule has 23 heavy (non-hydrogen) atoms. The van der Waals surface area contributed by atoms with Crippen molar-refractivity contribution in [1.82, 2.24) is 19.9 Å². The molecule has 4 rings (SSSR count). The molecule has 3 aromatic heterocycles. The fourth-order valence-electron chi connectivity index (χ4n) is 2.90. The Kier molecular flexibility index (Phi) is 3.63. The number of fused-ring (bicyclic) bond motifs is 1. The average Bonchev–Trinajstić information content (AvgIpc) is 3.03. The summed E-state index contributed by atoms with van der Waals surface area (Å²) in [6.45, 7) is 4.39. The lowest BCUT2D eigenvalue weighted by molar-refractivity contribution is 0.0985. The third kappa shape index (κ3) is 2.64. The molecule has 1 fully saturated rings. The van der Waals surface area contributed by atoms with E-state index in [9.17, 15) is 0 Å². The fraction of sp³-hybridized carbons (Fsp3) is 0.312. The largest absolute Gasteiger partial charge is 0.377 e. The van der Waals surface area contributed by atoms with E-state index in [1.165, 1.54) is 0 Å². The highest BCUT2D eigenvalue weighted by atomic mass is 35.5. The topological polar surface area (TPSA) is 66.9 Å². The zero-order valence-corrected chi connectivity index (χ0v) is 13.4. The highest BCUT2D eigenvalue weighted by molar-refractivity contribution is 6.30. The summed E-state index contributed by atoms with van der Waals surface area (Å²) in [7, 11) is 0. The Morgan fingerprint density at radius 1 is 1.35 bits per heavy atom. The van der Waals surface area contributed by atoms with Crippen LogP contribution in [0, 0.1) is 0 Å². The molecule has 1 saturated heterocycles. The van der Waals surface area contributed by atoms with Gasteiger partial charge in [0.25, 0.3) is 0 Å². The summed E-state index contributed by atoms with van der Waals surface area (Å²) in [6, 6.07) is 5.99. The number of nitrogens with zero attached hydrogens (tertiary/aromatic N) is 4. The van der Waals surface area contributed by atoms with Crippen LogP contribution in [0.4, 0.5) is 5.82 Å². The standard InChI is InChI=1S/C16H16ClN5O/c1-10-9-23-7-6-22(10)14-3-5-19-16(21-14)12-8-13(17)20-15-11(12)2-4-18-15/h2-5,8,10H,6-7,9H2,1H3,(H,18,20). The van der Waals surface area contributed by atoms with E-state index in [1.807, 2.05) is 18.3 Å². The lowest BCUT2D eigenvalue weighted by Crippen LogP contribution is -2.44. The van der Waals surface area contributed by atoms with Gasteiger partial charge in [-0.15, -0.1) is 0 Å². The molecule has 1 aliphatic heterocycles. The van der Waals surface area contributed by atoms with Crippen molar-refractivity contribution < 1.29 is 4.74 Å². The normalized spacial score (nSPS) is 18.5. The number of aromatic nitrogens is 4. The van der Waals surface area contributed by atoms with Crippen LogP contribution in [0.3, 0.4) is 0 Å². The van der Waals surface area contributed by atoms with Crippen LogP contribution in [0.15, 0.2) is 30.6 Å². The number of H-pyrrole nitrogens is 1. The number of morpholine rings is 1. The fourth-order valence-corrected chi connectivity index (χ4v) is 3.09. The van der Waals surface area contributed by atoms with E-state index in [0.29, 0.717) is 30.2 Å². The molecule has 1 N–H and O–H groups in total. The maximum absolute atomic E-state index is 6.13. The molecule has 1 unspecified atom stereocenters. The van der Waals surface area contributed by atoms with Gasteiger partial charge in [0, 0.05) is 29.9 Å². The Balaban J connectivity index is 1.80. The number of rotatable bonds is 2. The molecular formula is C16H16ClN5O. The SMILES string of the molecule is CC1COCCN1c1ccnc(-c2cc(Cl)nc3[nH]ccc23)n1. The van der Waals surface area contributed by atoms with Gasteiger partial charge in [0.05, 0.1) is 19.3 Å². The summed E-state index contributed by atoms with van der Waals surface area (Å²) in [5.41, 5.74) is 1.62. The second-order valence-electron chi connectivity index (χ2n) is 5.59. The van der Waals surface area contributed by atoms with Gasteiger partial charge in [0.15, 0.2) is 5.82 Å². The number of ether oxygens (including phenoxy) is 1. The summed E-state index contributed by atoms with van der Waals surface area (Å²) in [4.78, 5) is 18.8. The van der Waals surface area contributed by atoms with Crippen molar-refractivity contribution >= 4 is 28.5 Å². The third-order valence-electron chi connectivity index (χ3n) is 4.04. The van der Waals surface area contributed by atoms with Crippen molar-refractivity contribution in [1.29, 1.82) is 0 Å². The minimum absolute atomic E-state index is 0.291. The summed E-state index contributed by atoms with van der Waals surface area (Å²) in [6.07, 6.45) is 3.62. The van der Waals surface area contributed by atoms with E-state index < -0.39 is 0 Å². The van der Waals surface area contributed by atoms with Gasteiger partial charge >= 0.3 is 0 Å². The van der Waals surface area contributed by atoms with E-state index in [0.717, 1.165) is 29.0 Å². The number of aromatic amines is 1. The van der Waals surface area contributed by atoms with Crippen LogP contribution in [-0.2, 0) is 4.74 Å². The van der Waals surface area contributed by atoms with Gasteiger partial charge in [0.2, 0.25) is 0 Å². The van der Waals surface area contributed by atoms with Gasteiger partial charge in [-0.25, -0.2) is 15.0 Å². The molecule has 7 heteroatoms. The maximum atomic E-state index is 6.13. The number of nitrogens with one attached hydrogen (secondary N) is 1. The minimum Gasteiger partial charge on any atom is -0.377 e. The number of anilines is 1. The van der Waals surface area contributed by atoms with E-state index in [2.05, 4.69) is 26.8 Å². The number of halogens is 1. The van der Waals surface area contributed by atoms with Crippen molar-refractivity contribution in [3.05, 3.63) is 35.7 Å². The first-order valence-corrected chi connectivity index (χ1v) is 7.91. The molecule has 0 aromatic carbocycles. The van der Waals surface area contributed by atoms with Crippen LogP contribution < -0.4 is 4.90 Å². The molecule has 1 aliphatic rings. The monoisotopic (exact) mass is 329 g/mol. The maximum Gasteiger partial charge on any atom is 0.162 e. The van der Waals surface area contributed by atoms with E-state index in [1.54, 1.807) is 12.3 Å². The highest BCUT2D eigenvalue weighted by Gasteiger charge is 2.21. The Hall–Kier alpha value is -2.18. The molecule has 3 aromatic rings. The second kappa shape index (κ2) is 5.79. The van der Waals surface area contributed by atoms with Crippen LogP contribution in [0.1, 0.15) is 6.92 Å². The first kappa shape index (κ1) is 14.4. The van der Waals surface area contributed by atoms with Crippen molar-refractivity contribution in [2.45, 2.75) is 13.0 Å². The van der Waals surface area contributed by atoms with Crippen molar-refractivity contribution in [2.24, 2.45) is 0 Å². The molecule has 0 aliphatic carbocycles. The van der Waals surface area contributed by atoms with E-state index in [-0.39, 0.29) is 0 Å². The Bertz CT molecular complexity index is 849. The first-order chi connectivity index (χ1) is 11.2. The molecule has 0 saturated carbocycles. The molecule has 118 valence electrons. The molecule has 4 heterocycles. The average molecular weight is 330 g/mol. The smallest absolute Gasteiger partial charge is 0.162 e. The van der Waals surface area contributed by atoms with Crippen LogP contribution >= 0.6 is 11.6 Å². The van der Waals surface area contributed by atoms with Crippen molar-refractivity contribution in [3.8, 4) is 11.4 Å². The molecule has 1 atom stereocenters. The zero-order valence-electron chi connectivity index (χ0n) is 12.7. The van der Waals surface area contributed by atoms with Crippen LogP contribution in [0.25, 0.3) is 22.4 Å². The van der Waals surface area contributed by atoms with E-state index >= 15 is 0 Å². The Labute approximate surface area is 138 Å². The number of hydrogen-bond acceptors (Lipinski definition) is 5. The molecule has 0 bridgehead atoms. The van der Waals surface area contributed by atoms with Gasteiger partial charge in [-0.3, -0.25) is 0 Å². The summed E-state index contributed by atoms with van der Waals surface area (Å²) in [5, 5.41) is 1.38. The van der Waals surface area contributed by atoms with Gasteiger partial charge in [-0.05, 0) is 25.1 Å². The second-order valence-corrected chi connectivity index (χ2v) is 5.98. The predicted molar refractivity (Wildman–Crippen MR) is 89.8 cm³/mol. The van der Waals surface area contributed by atoms with Gasteiger partial charge in [-0.1, -0.05) is 11.6 Å². The van der Waals surface area contributed by atoms with Crippen LogP contribution in [0.5, 0.6) is 0 Å². The summed E-state index contributed by atoms with van der Waals surface area (Å²) >= 11 is 6.13. The molecule has 6 nitrogen and oxygen atoms in total. The van der Waals surface area contributed by atoms with Crippen LogP contribution in [0.2, 0.25) is 5.15 Å². The third-order valence-corrected chi connectivity index (χ3v) is 4.23. The molecule has 0 spiro atoms. The lowest BCUT2D eigenvalue weighted by Gasteiger charge is -2.34. The Morgan fingerprint density at radius 2 is 2.26 bits per heavy atom. The minimum atomic E-state index is 0.291. The molecule has 0 amide bonds. The Morgan fingerprint density at radius 3 is 3.13 bits per heavy atom. The summed E-state index contributed by atoms with van der Waals surface area (Å²) < 4.78 is 5.50.